The Morgan fingerprint density at radius 1 is 1.53 bits per heavy atom. The fourth-order valence-electron chi connectivity index (χ4n) is 2.20. The first-order valence-corrected chi connectivity index (χ1v) is 6.67. The molecule has 5 heteroatoms. The number of hydrogen-bond acceptors (Lipinski definition) is 3. The van der Waals surface area contributed by atoms with Crippen LogP contribution in [0.3, 0.4) is 0 Å². The second-order valence-corrected chi connectivity index (χ2v) is 5.29. The zero-order valence-corrected chi connectivity index (χ0v) is 11.8. The highest BCUT2D eigenvalue weighted by Crippen LogP contribution is 2.24. The third-order valence-corrected chi connectivity index (χ3v) is 4.31. The van der Waals surface area contributed by atoms with E-state index in [0.29, 0.717) is 25.4 Å². The van der Waals surface area contributed by atoms with Gasteiger partial charge >= 0.3 is 0 Å². The van der Waals surface area contributed by atoms with Crippen molar-refractivity contribution in [2.45, 2.75) is 26.2 Å². The van der Waals surface area contributed by atoms with Crippen LogP contribution in [-0.2, 0) is 23.0 Å². The lowest BCUT2D eigenvalue weighted by Crippen LogP contribution is -2.25. The summed E-state index contributed by atoms with van der Waals surface area (Å²) in [6, 6.07) is 0. The molecule has 1 aromatic rings. The molecule has 0 atom stereocenters. The maximum Gasteiger partial charge on any atom is 0.142 e. The normalized spacial score (nSPS) is 17.4. The smallest absolute Gasteiger partial charge is 0.142 e. The average molecular weight is 301 g/mol. The van der Waals surface area contributed by atoms with Gasteiger partial charge in [0.05, 0.1) is 15.9 Å². The summed E-state index contributed by atoms with van der Waals surface area (Å²) in [5, 5.41) is 4.30. The third-order valence-electron chi connectivity index (χ3n) is 3.28. The highest BCUT2D eigenvalue weighted by atomic mass is 79.9. The highest BCUT2D eigenvalue weighted by molar-refractivity contribution is 9.10. The van der Waals surface area contributed by atoms with Crippen LogP contribution < -0.4 is 0 Å². The van der Waals surface area contributed by atoms with E-state index in [4.69, 9.17) is 4.74 Å². The Bertz CT molecular complexity index is 422. The molecule has 1 aliphatic heterocycles. The van der Waals surface area contributed by atoms with Gasteiger partial charge in [-0.15, -0.1) is 0 Å². The number of aromatic nitrogens is 2. The van der Waals surface area contributed by atoms with E-state index in [0.717, 1.165) is 28.7 Å². The summed E-state index contributed by atoms with van der Waals surface area (Å²) in [7, 11) is 1.88. The molecule has 0 aliphatic carbocycles. The summed E-state index contributed by atoms with van der Waals surface area (Å²) >= 11 is 3.49. The Kier molecular flexibility index (Phi) is 3.99. The fourth-order valence-corrected chi connectivity index (χ4v) is 2.68. The molecule has 2 heterocycles. The van der Waals surface area contributed by atoms with Gasteiger partial charge in [-0.05, 0) is 35.7 Å². The number of ether oxygens (including phenoxy) is 1. The molecule has 0 unspecified atom stereocenters. The van der Waals surface area contributed by atoms with Gasteiger partial charge in [0, 0.05) is 32.6 Å². The molecule has 0 spiro atoms. The molecule has 4 nitrogen and oxygen atoms in total. The monoisotopic (exact) mass is 300 g/mol. The van der Waals surface area contributed by atoms with Crippen molar-refractivity contribution in [3.05, 3.63) is 15.9 Å². The van der Waals surface area contributed by atoms with Gasteiger partial charge < -0.3 is 4.74 Å². The number of ketones is 1. The summed E-state index contributed by atoms with van der Waals surface area (Å²) in [6.45, 7) is 3.36. The van der Waals surface area contributed by atoms with Gasteiger partial charge in [0.15, 0.2) is 0 Å². The zero-order chi connectivity index (χ0) is 12.4. The largest absolute Gasteiger partial charge is 0.381 e. The van der Waals surface area contributed by atoms with Crippen molar-refractivity contribution in [1.29, 1.82) is 0 Å². The van der Waals surface area contributed by atoms with Crippen LogP contribution in [0, 0.1) is 12.8 Å². The Balaban J connectivity index is 2.07. The first-order valence-electron chi connectivity index (χ1n) is 5.88. The van der Waals surface area contributed by atoms with E-state index >= 15 is 0 Å². The van der Waals surface area contributed by atoms with Gasteiger partial charge in [0.25, 0.3) is 0 Å². The van der Waals surface area contributed by atoms with Crippen molar-refractivity contribution in [2.24, 2.45) is 13.0 Å². The van der Waals surface area contributed by atoms with Crippen molar-refractivity contribution in [1.82, 2.24) is 9.78 Å². The molecule has 0 amide bonds. The number of carbonyl (C=O) groups is 1. The van der Waals surface area contributed by atoms with Crippen molar-refractivity contribution < 1.29 is 9.53 Å². The molecule has 1 saturated heterocycles. The van der Waals surface area contributed by atoms with Gasteiger partial charge in [0.2, 0.25) is 0 Å². The van der Waals surface area contributed by atoms with Gasteiger partial charge in [-0.2, -0.15) is 5.10 Å². The van der Waals surface area contributed by atoms with Crippen molar-refractivity contribution in [3.8, 4) is 0 Å². The third kappa shape index (κ3) is 2.77. The van der Waals surface area contributed by atoms with E-state index in [2.05, 4.69) is 21.0 Å². The first-order chi connectivity index (χ1) is 8.09. The summed E-state index contributed by atoms with van der Waals surface area (Å²) in [6.07, 6.45) is 2.17. The van der Waals surface area contributed by atoms with Crippen LogP contribution in [0.5, 0.6) is 0 Å². The zero-order valence-electron chi connectivity index (χ0n) is 10.2. The molecule has 0 N–H and O–H groups in total. The molecule has 0 aromatic carbocycles. The first kappa shape index (κ1) is 12.8. The van der Waals surface area contributed by atoms with E-state index < -0.39 is 0 Å². The van der Waals surface area contributed by atoms with Crippen LogP contribution in [0.4, 0.5) is 0 Å². The lowest BCUT2D eigenvalue weighted by molar-refractivity contribution is -0.125. The summed E-state index contributed by atoms with van der Waals surface area (Å²) < 4.78 is 8.02. The van der Waals surface area contributed by atoms with Gasteiger partial charge in [-0.3, -0.25) is 9.48 Å². The highest BCUT2D eigenvalue weighted by Gasteiger charge is 2.23. The van der Waals surface area contributed by atoms with Crippen LogP contribution in [0.15, 0.2) is 4.47 Å². The molecular weight excluding hydrogens is 284 g/mol. The van der Waals surface area contributed by atoms with Gasteiger partial charge in [0.1, 0.15) is 5.78 Å². The second-order valence-electron chi connectivity index (χ2n) is 4.50. The van der Waals surface area contributed by atoms with Crippen LogP contribution in [0.1, 0.15) is 24.2 Å². The van der Waals surface area contributed by atoms with Crippen LogP contribution >= 0.6 is 15.9 Å². The van der Waals surface area contributed by atoms with Crippen LogP contribution in [0.2, 0.25) is 0 Å². The van der Waals surface area contributed by atoms with Crippen molar-refractivity contribution in [2.75, 3.05) is 13.2 Å². The molecule has 17 heavy (non-hydrogen) atoms. The minimum atomic E-state index is 0.158. The van der Waals surface area contributed by atoms with E-state index in [-0.39, 0.29) is 5.92 Å². The quantitative estimate of drug-likeness (QED) is 0.858. The van der Waals surface area contributed by atoms with E-state index in [9.17, 15) is 4.79 Å². The van der Waals surface area contributed by atoms with Crippen LogP contribution in [-0.4, -0.2) is 28.8 Å². The number of rotatable bonds is 3. The maximum absolute atomic E-state index is 12.2. The number of halogens is 1. The lowest BCUT2D eigenvalue weighted by atomic mass is 9.93. The predicted molar refractivity (Wildman–Crippen MR) is 67.9 cm³/mol. The Labute approximate surface area is 109 Å². The molecular formula is C12H17BrN2O2. The van der Waals surface area contributed by atoms with Gasteiger partial charge in [-0.1, -0.05) is 0 Å². The SMILES string of the molecule is Cc1nn(C)c(CC(=O)C2CCOCC2)c1Br. The molecule has 1 aliphatic rings. The molecule has 1 aromatic heterocycles. The fraction of sp³-hybridized carbons (Fsp3) is 0.667. The number of aryl methyl sites for hydroxylation is 2. The Hall–Kier alpha value is -0.680. The minimum absolute atomic E-state index is 0.158. The summed E-state index contributed by atoms with van der Waals surface area (Å²) in [5.74, 6) is 0.461. The average Bonchev–Trinajstić information content (AvgIpc) is 2.57. The van der Waals surface area contributed by atoms with Crippen molar-refractivity contribution in [3.63, 3.8) is 0 Å². The number of nitrogens with zero attached hydrogens (tertiary/aromatic N) is 2. The summed E-state index contributed by atoms with van der Waals surface area (Å²) in [5.41, 5.74) is 1.90. The minimum Gasteiger partial charge on any atom is -0.381 e. The van der Waals surface area contributed by atoms with Gasteiger partial charge in [-0.25, -0.2) is 0 Å². The van der Waals surface area contributed by atoms with E-state index in [1.54, 1.807) is 4.68 Å². The molecule has 2 rings (SSSR count). The second kappa shape index (κ2) is 5.31. The lowest BCUT2D eigenvalue weighted by Gasteiger charge is -2.20. The van der Waals surface area contributed by atoms with Crippen LogP contribution in [0.25, 0.3) is 0 Å². The number of carbonyl (C=O) groups excluding carboxylic acids is 1. The molecule has 1 fully saturated rings. The molecule has 0 bridgehead atoms. The summed E-state index contributed by atoms with van der Waals surface area (Å²) in [4.78, 5) is 12.2. The van der Waals surface area contributed by atoms with E-state index in [1.807, 2.05) is 14.0 Å². The molecule has 0 saturated carbocycles. The standard InChI is InChI=1S/C12H17BrN2O2/c1-8-12(13)10(15(2)14-8)7-11(16)9-3-5-17-6-4-9/h9H,3-7H2,1-2H3. The molecule has 0 radical (unpaired) electrons. The number of hydrogen-bond donors (Lipinski definition) is 0. The van der Waals surface area contributed by atoms with Crippen molar-refractivity contribution >= 4 is 21.7 Å². The molecule has 94 valence electrons. The Morgan fingerprint density at radius 2 is 2.18 bits per heavy atom. The topological polar surface area (TPSA) is 44.1 Å². The van der Waals surface area contributed by atoms with E-state index in [1.165, 1.54) is 0 Å². The predicted octanol–water partition coefficient (Wildman–Crippen LogP) is 2.03. The number of Topliss-reactive ketones (excluding diaryl/α,β-unsaturated/α-hetero) is 1. The Morgan fingerprint density at radius 3 is 2.71 bits per heavy atom. The maximum atomic E-state index is 12.2.